The molecule has 144 valence electrons. The van der Waals surface area contributed by atoms with Crippen molar-refractivity contribution in [2.75, 3.05) is 11.2 Å². The Kier molecular flexibility index (Phi) is 5.59. The van der Waals surface area contributed by atoms with E-state index in [-0.39, 0.29) is 11.4 Å². The highest BCUT2D eigenvalue weighted by molar-refractivity contribution is 8.00. The van der Waals surface area contributed by atoms with Crippen LogP contribution in [0.1, 0.15) is 12.5 Å². The van der Waals surface area contributed by atoms with Gasteiger partial charge in [-0.1, -0.05) is 48.2 Å². The summed E-state index contributed by atoms with van der Waals surface area (Å²) in [6, 6.07) is 13.6. The third-order valence-corrected chi connectivity index (χ3v) is 5.12. The van der Waals surface area contributed by atoms with E-state index in [1.54, 1.807) is 13.0 Å². The maximum Gasteiger partial charge on any atom is 0.292 e. The summed E-state index contributed by atoms with van der Waals surface area (Å²) in [5, 5.41) is 21.6. The summed E-state index contributed by atoms with van der Waals surface area (Å²) in [5.74, 6) is 6.21. The van der Waals surface area contributed by atoms with Gasteiger partial charge in [0.2, 0.25) is 11.1 Å². The van der Waals surface area contributed by atoms with Gasteiger partial charge in [-0.3, -0.25) is 14.9 Å². The van der Waals surface area contributed by atoms with Crippen molar-refractivity contribution in [3.63, 3.8) is 0 Å². The van der Waals surface area contributed by atoms with Crippen LogP contribution >= 0.6 is 11.8 Å². The average Bonchev–Trinajstić information content (AvgIpc) is 3.02. The Morgan fingerprint density at radius 3 is 2.61 bits per heavy atom. The van der Waals surface area contributed by atoms with Gasteiger partial charge >= 0.3 is 0 Å². The summed E-state index contributed by atoms with van der Waals surface area (Å²) in [4.78, 5) is 23.0. The molecule has 9 nitrogen and oxygen atoms in total. The number of hydrogen-bond acceptors (Lipinski definition) is 7. The number of thioether (sulfide) groups is 1. The number of aryl methyl sites for hydroxylation is 1. The molecule has 3 aromatic rings. The average molecular weight is 398 g/mol. The smallest absolute Gasteiger partial charge is 0.292 e. The number of nitro benzene ring substituents is 1. The Hall–Kier alpha value is -3.40. The molecule has 1 heterocycles. The number of carbonyl (C=O) groups excluding carboxylic acids is 1. The molecule has 1 amide bonds. The van der Waals surface area contributed by atoms with Crippen molar-refractivity contribution < 1.29 is 9.72 Å². The number of nitrogens with zero attached hydrogens (tertiary/aromatic N) is 4. The topological polar surface area (TPSA) is 129 Å². The summed E-state index contributed by atoms with van der Waals surface area (Å²) in [5.41, 5.74) is 1.82. The Labute approximate surface area is 165 Å². The molecule has 0 aliphatic heterocycles. The molecule has 0 saturated carbocycles. The first kappa shape index (κ1) is 19.4. The minimum absolute atomic E-state index is 0.139. The highest BCUT2D eigenvalue weighted by atomic mass is 32.2. The number of carbonyl (C=O) groups is 1. The lowest BCUT2D eigenvalue weighted by molar-refractivity contribution is -0.383. The maximum atomic E-state index is 12.5. The van der Waals surface area contributed by atoms with Crippen molar-refractivity contribution in [1.29, 1.82) is 0 Å². The van der Waals surface area contributed by atoms with E-state index in [1.807, 2.05) is 31.2 Å². The Balaban J connectivity index is 1.75. The Morgan fingerprint density at radius 1 is 1.21 bits per heavy atom. The fourth-order valence-electron chi connectivity index (χ4n) is 2.55. The molecule has 3 N–H and O–H groups in total. The van der Waals surface area contributed by atoms with Gasteiger partial charge < -0.3 is 11.2 Å². The predicted octanol–water partition coefficient (Wildman–Crippen LogP) is 2.99. The van der Waals surface area contributed by atoms with Gasteiger partial charge in [-0.15, -0.1) is 10.2 Å². The van der Waals surface area contributed by atoms with E-state index in [4.69, 9.17) is 5.84 Å². The first-order valence-electron chi connectivity index (χ1n) is 8.36. The van der Waals surface area contributed by atoms with Gasteiger partial charge in [0.05, 0.1) is 10.2 Å². The van der Waals surface area contributed by atoms with E-state index in [2.05, 4.69) is 15.5 Å². The number of hydrogen-bond donors (Lipinski definition) is 2. The summed E-state index contributed by atoms with van der Waals surface area (Å²) in [6.45, 7) is 3.61. The Morgan fingerprint density at radius 2 is 1.89 bits per heavy atom. The number of para-hydroxylation sites is 2. The number of amides is 1. The molecule has 0 saturated heterocycles. The minimum atomic E-state index is -0.601. The molecule has 0 fully saturated rings. The molecule has 0 radical (unpaired) electrons. The summed E-state index contributed by atoms with van der Waals surface area (Å²) >= 11 is 1.12. The quantitative estimate of drug-likeness (QED) is 0.282. The third-order valence-electron chi connectivity index (χ3n) is 4.06. The lowest BCUT2D eigenvalue weighted by atomic mass is 10.1. The fraction of sp³-hybridized carbons (Fsp3) is 0.167. The molecular formula is C18H18N6O3S. The zero-order valence-electron chi connectivity index (χ0n) is 15.2. The maximum absolute atomic E-state index is 12.5. The summed E-state index contributed by atoms with van der Waals surface area (Å²) in [6.07, 6.45) is 0. The largest absolute Gasteiger partial charge is 0.335 e. The molecule has 0 bridgehead atoms. The Bertz CT molecular complexity index is 1040. The van der Waals surface area contributed by atoms with E-state index >= 15 is 0 Å². The number of nitrogen functional groups attached to an aromatic ring is 1. The van der Waals surface area contributed by atoms with E-state index in [0.717, 1.165) is 22.9 Å². The molecule has 10 heteroatoms. The summed E-state index contributed by atoms with van der Waals surface area (Å²) < 4.78 is 1.34. The molecular weight excluding hydrogens is 380 g/mol. The number of aromatic nitrogens is 3. The van der Waals surface area contributed by atoms with E-state index in [9.17, 15) is 14.9 Å². The zero-order chi connectivity index (χ0) is 20.3. The molecule has 2 aromatic carbocycles. The highest BCUT2D eigenvalue weighted by Crippen LogP contribution is 2.28. The second-order valence-electron chi connectivity index (χ2n) is 6.01. The zero-order valence-corrected chi connectivity index (χ0v) is 16.0. The second kappa shape index (κ2) is 8.09. The lowest BCUT2D eigenvalue weighted by Crippen LogP contribution is -2.24. The third kappa shape index (κ3) is 3.96. The van der Waals surface area contributed by atoms with Crippen molar-refractivity contribution in [2.45, 2.75) is 24.3 Å². The predicted molar refractivity (Wildman–Crippen MR) is 107 cm³/mol. The first-order valence-corrected chi connectivity index (χ1v) is 9.24. The van der Waals surface area contributed by atoms with E-state index < -0.39 is 16.1 Å². The van der Waals surface area contributed by atoms with Gasteiger partial charge in [-0.25, -0.2) is 4.68 Å². The van der Waals surface area contributed by atoms with Crippen LogP contribution in [0.3, 0.4) is 0 Å². The second-order valence-corrected chi connectivity index (χ2v) is 7.32. The molecule has 3 rings (SSSR count). The highest BCUT2D eigenvalue weighted by Gasteiger charge is 2.22. The normalized spacial score (nSPS) is 11.8. The van der Waals surface area contributed by atoms with Crippen molar-refractivity contribution in [2.24, 2.45) is 0 Å². The van der Waals surface area contributed by atoms with E-state index in [1.165, 1.54) is 22.9 Å². The van der Waals surface area contributed by atoms with E-state index in [0.29, 0.717) is 11.0 Å². The molecule has 1 atom stereocenters. The van der Waals surface area contributed by atoms with Crippen LogP contribution in [0.4, 0.5) is 11.4 Å². The fourth-order valence-corrected chi connectivity index (χ4v) is 3.32. The van der Waals surface area contributed by atoms with Crippen LogP contribution in [-0.4, -0.2) is 31.0 Å². The number of nitrogens with one attached hydrogen (secondary N) is 1. The van der Waals surface area contributed by atoms with Gasteiger partial charge in [-0.05, 0) is 25.5 Å². The van der Waals surface area contributed by atoms with Gasteiger partial charge in [0.1, 0.15) is 5.69 Å². The molecule has 0 spiro atoms. The molecule has 0 unspecified atom stereocenters. The number of rotatable bonds is 6. The van der Waals surface area contributed by atoms with Gasteiger partial charge in [-0.2, -0.15) is 0 Å². The SMILES string of the molecule is Cc1ccccc1-c1nnc(S[C@H](C)C(=O)Nc2ccccc2[N+](=O)[O-])n1N. The van der Waals surface area contributed by atoms with Crippen LogP contribution in [0.25, 0.3) is 11.4 Å². The van der Waals surface area contributed by atoms with Crippen LogP contribution < -0.4 is 11.2 Å². The number of nitro groups is 1. The minimum Gasteiger partial charge on any atom is -0.335 e. The standard InChI is InChI=1S/C18H18N6O3S/c1-11-7-3-4-8-13(11)16-21-22-18(23(16)19)28-12(2)17(25)20-14-9-5-6-10-15(14)24(26)27/h3-10,12H,19H2,1-2H3,(H,20,25)/t12-/m1/s1. The summed E-state index contributed by atoms with van der Waals surface area (Å²) in [7, 11) is 0. The van der Waals surface area contributed by atoms with Gasteiger partial charge in [0, 0.05) is 11.6 Å². The molecule has 0 aliphatic carbocycles. The molecule has 28 heavy (non-hydrogen) atoms. The molecule has 0 aliphatic rings. The lowest BCUT2D eigenvalue weighted by Gasteiger charge is -2.12. The van der Waals surface area contributed by atoms with Crippen LogP contribution in [0, 0.1) is 17.0 Å². The number of nitrogens with two attached hydrogens (primary N) is 1. The number of anilines is 1. The first-order chi connectivity index (χ1) is 13.4. The van der Waals surface area contributed by atoms with Crippen LogP contribution in [0.15, 0.2) is 53.7 Å². The van der Waals surface area contributed by atoms with Crippen molar-refractivity contribution in [3.05, 3.63) is 64.2 Å². The van der Waals surface area contributed by atoms with Crippen LogP contribution in [-0.2, 0) is 4.79 Å². The van der Waals surface area contributed by atoms with Crippen LogP contribution in [0.2, 0.25) is 0 Å². The molecule has 1 aromatic heterocycles. The van der Waals surface area contributed by atoms with Crippen molar-refractivity contribution in [1.82, 2.24) is 14.9 Å². The van der Waals surface area contributed by atoms with Gasteiger partial charge in [0.15, 0.2) is 5.82 Å². The van der Waals surface area contributed by atoms with Crippen molar-refractivity contribution >= 4 is 29.0 Å². The monoisotopic (exact) mass is 398 g/mol. The van der Waals surface area contributed by atoms with Crippen molar-refractivity contribution in [3.8, 4) is 11.4 Å². The van der Waals surface area contributed by atoms with Crippen LogP contribution in [0.5, 0.6) is 0 Å². The number of benzene rings is 2. The van der Waals surface area contributed by atoms with Gasteiger partial charge in [0.25, 0.3) is 5.69 Å².